The van der Waals surface area contributed by atoms with Crippen LogP contribution in [0.3, 0.4) is 0 Å². The molecule has 0 bridgehead atoms. The number of aliphatic imine (C=N–C) groups is 1. The number of hydrogen-bond acceptors (Lipinski definition) is 4. The van der Waals surface area contributed by atoms with Crippen molar-refractivity contribution in [2.45, 2.75) is 0 Å². The molecule has 0 aliphatic heterocycles. The molecule has 0 aromatic rings. The van der Waals surface area contributed by atoms with E-state index in [2.05, 4.69) is 18.2 Å². The molecule has 0 aliphatic carbocycles. The Morgan fingerprint density at radius 1 is 1.47 bits per heavy atom. The Kier molecular flexibility index (Phi) is 17.7. The summed E-state index contributed by atoms with van der Waals surface area (Å²) in [5, 5.41) is 18.0. The van der Waals surface area contributed by atoms with Gasteiger partial charge in [0.1, 0.15) is 0 Å². The van der Waals surface area contributed by atoms with Gasteiger partial charge in [-0.15, -0.1) is 0 Å². The third-order valence-corrected chi connectivity index (χ3v) is 0.859. The molecule has 0 aromatic carbocycles. The van der Waals surface area contributed by atoms with E-state index < -0.39 is 5.97 Å². The van der Waals surface area contributed by atoms with Crippen LogP contribution in [0.25, 0.3) is 0 Å². The molecule has 80 valence electrons. The van der Waals surface area contributed by atoms with Crippen LogP contribution in [-0.4, -0.2) is 42.6 Å². The molecular weight excluding hydrogens is 207 g/mol. The van der Waals surface area contributed by atoms with Crippen molar-refractivity contribution in [3.8, 4) is 0 Å². The molecule has 0 fully saturated rings. The zero-order valence-electron chi connectivity index (χ0n) is 9.43. The van der Waals surface area contributed by atoms with Crippen LogP contribution in [0, 0.1) is 0 Å². The van der Waals surface area contributed by atoms with Crippen LogP contribution in [0.1, 0.15) is 0 Å². The standard InChI is InChI=1S/C6H12N2O.C3H4O2.Na/c1-4-6(9)7-5-8(2)3;1-2-3(4)5;/h4H,1,5H2,2-3H3,(H,7,9);2H,1H2,(H,4,5);/q;;+1/p-1. The Balaban J connectivity index is -0.000000208. The van der Waals surface area contributed by atoms with Crippen molar-refractivity contribution in [3.05, 3.63) is 25.3 Å². The number of carboxylic acid groups (broad SMARTS) is 1. The van der Waals surface area contributed by atoms with Gasteiger partial charge in [0.25, 0.3) is 0 Å². The van der Waals surface area contributed by atoms with Crippen molar-refractivity contribution in [1.82, 2.24) is 4.90 Å². The van der Waals surface area contributed by atoms with E-state index >= 15 is 0 Å². The summed E-state index contributed by atoms with van der Waals surface area (Å²) in [5.74, 6) is -1.24. The molecule has 0 atom stereocenters. The molecule has 0 aliphatic rings. The summed E-state index contributed by atoms with van der Waals surface area (Å²) < 4.78 is 0. The van der Waals surface area contributed by atoms with E-state index in [0.29, 0.717) is 6.67 Å². The summed E-state index contributed by atoms with van der Waals surface area (Å²) in [6, 6.07) is 0. The van der Waals surface area contributed by atoms with E-state index in [1.54, 1.807) is 4.90 Å². The molecule has 5 nitrogen and oxygen atoms in total. The maximum absolute atomic E-state index is 10.4. The average Bonchev–Trinajstić information content (AvgIpc) is 2.14. The third-order valence-electron chi connectivity index (χ3n) is 0.859. The molecule has 0 aromatic heterocycles. The van der Waals surface area contributed by atoms with Crippen molar-refractivity contribution in [3.63, 3.8) is 0 Å². The molecule has 1 N–H and O–H groups in total. The van der Waals surface area contributed by atoms with Gasteiger partial charge in [-0.1, -0.05) is 19.2 Å². The quantitative estimate of drug-likeness (QED) is 0.234. The van der Waals surface area contributed by atoms with Crippen LogP contribution in [0.15, 0.2) is 30.3 Å². The first kappa shape index (κ1) is 19.9. The van der Waals surface area contributed by atoms with Gasteiger partial charge in [-0.2, -0.15) is 0 Å². The molecule has 0 heterocycles. The fraction of sp³-hybridized carbons (Fsp3) is 0.333. The van der Waals surface area contributed by atoms with Crippen LogP contribution in [0.5, 0.6) is 0 Å². The van der Waals surface area contributed by atoms with Crippen LogP contribution in [0.2, 0.25) is 0 Å². The summed E-state index contributed by atoms with van der Waals surface area (Å²) in [6.07, 6.45) is 2.03. The number of nitrogens with zero attached hydrogens (tertiary/aromatic N) is 2. The number of rotatable bonds is 4. The summed E-state index contributed by atoms with van der Waals surface area (Å²) in [7, 11) is 3.69. The summed E-state index contributed by atoms with van der Waals surface area (Å²) >= 11 is 0. The molecule has 0 amide bonds. The van der Waals surface area contributed by atoms with Crippen molar-refractivity contribution in [2.24, 2.45) is 4.99 Å². The summed E-state index contributed by atoms with van der Waals surface area (Å²) in [5.41, 5.74) is 0. The molecule has 0 saturated carbocycles. The minimum Gasteiger partial charge on any atom is -0.859 e. The van der Waals surface area contributed by atoms with Crippen molar-refractivity contribution in [2.75, 3.05) is 20.8 Å². The van der Waals surface area contributed by atoms with E-state index in [4.69, 9.17) is 5.11 Å². The molecule has 15 heavy (non-hydrogen) atoms. The number of hydrogen-bond donors (Lipinski definition) is 1. The molecule has 0 radical (unpaired) electrons. The molecule has 0 spiro atoms. The van der Waals surface area contributed by atoms with Gasteiger partial charge in [-0.3, -0.25) is 9.89 Å². The number of carbonyl (C=O) groups is 1. The minimum absolute atomic E-state index is 0. The van der Waals surface area contributed by atoms with Gasteiger partial charge < -0.3 is 10.2 Å². The van der Waals surface area contributed by atoms with Crippen molar-refractivity contribution < 1.29 is 44.6 Å². The van der Waals surface area contributed by atoms with Gasteiger partial charge in [0.2, 0.25) is 0 Å². The van der Waals surface area contributed by atoms with Crippen LogP contribution in [0.4, 0.5) is 0 Å². The molecule has 0 rings (SSSR count). The average molecular weight is 222 g/mol. The predicted octanol–water partition coefficient (Wildman–Crippen LogP) is -3.29. The van der Waals surface area contributed by atoms with E-state index in [0.717, 1.165) is 6.08 Å². The first-order chi connectivity index (χ1) is 6.43. The predicted molar refractivity (Wildman–Crippen MR) is 54.0 cm³/mol. The zero-order valence-corrected chi connectivity index (χ0v) is 11.4. The largest absolute Gasteiger partial charge is 1.00 e. The summed E-state index contributed by atoms with van der Waals surface area (Å²) in [6.45, 7) is 6.67. The Bertz CT molecular complexity index is 227. The van der Waals surface area contributed by atoms with Crippen LogP contribution < -0.4 is 34.7 Å². The van der Waals surface area contributed by atoms with E-state index in [9.17, 15) is 9.90 Å². The molecular formula is C9H15N2NaO3. The SMILES string of the molecule is C=CC(=O)O.C=CC([O-])=NCN(C)C.[Na+]. The summed E-state index contributed by atoms with van der Waals surface area (Å²) in [4.78, 5) is 14.7. The smallest absolute Gasteiger partial charge is 0.859 e. The fourth-order valence-electron chi connectivity index (χ4n) is 0.276. The molecule has 0 unspecified atom stereocenters. The molecule has 6 heteroatoms. The van der Waals surface area contributed by atoms with Gasteiger partial charge >= 0.3 is 35.5 Å². The van der Waals surface area contributed by atoms with Crippen LogP contribution in [-0.2, 0) is 4.79 Å². The van der Waals surface area contributed by atoms with Crippen molar-refractivity contribution >= 4 is 11.9 Å². The monoisotopic (exact) mass is 222 g/mol. The maximum atomic E-state index is 10.4. The second-order valence-corrected chi connectivity index (χ2v) is 2.46. The number of carboxylic acids is 1. The fourth-order valence-corrected chi connectivity index (χ4v) is 0.276. The van der Waals surface area contributed by atoms with Gasteiger partial charge in [0.05, 0.1) is 6.67 Å². The van der Waals surface area contributed by atoms with Gasteiger partial charge in [0.15, 0.2) is 0 Å². The Labute approximate surface area is 112 Å². The second kappa shape index (κ2) is 13.4. The number of aliphatic carboxylic acids is 1. The first-order valence-electron chi connectivity index (χ1n) is 3.78. The third kappa shape index (κ3) is 24.7. The van der Waals surface area contributed by atoms with Gasteiger partial charge in [-0.25, -0.2) is 4.79 Å². The molecule has 0 saturated heterocycles. The topological polar surface area (TPSA) is 76.0 Å². The minimum atomic E-state index is -0.981. The normalized spacial score (nSPS) is 9.40. The Morgan fingerprint density at radius 2 is 1.87 bits per heavy atom. The van der Waals surface area contributed by atoms with E-state index in [1.165, 1.54) is 6.08 Å². The van der Waals surface area contributed by atoms with E-state index in [1.807, 2.05) is 14.1 Å². The van der Waals surface area contributed by atoms with Gasteiger partial charge in [-0.05, 0) is 20.0 Å². The Morgan fingerprint density at radius 3 is 2.07 bits per heavy atom. The van der Waals surface area contributed by atoms with Crippen LogP contribution >= 0.6 is 0 Å². The van der Waals surface area contributed by atoms with Crippen molar-refractivity contribution in [1.29, 1.82) is 0 Å². The van der Waals surface area contributed by atoms with E-state index in [-0.39, 0.29) is 35.5 Å². The van der Waals surface area contributed by atoms with Gasteiger partial charge in [0, 0.05) is 6.08 Å². The maximum Gasteiger partial charge on any atom is 1.00 e. The zero-order chi connectivity index (χ0) is 11.6. The first-order valence-corrected chi connectivity index (χ1v) is 3.78. The second-order valence-electron chi connectivity index (χ2n) is 2.46. The Hall–Kier alpha value is -0.620.